The number of carbonyl (C=O) groups excluding carboxylic acids is 1. The van der Waals surface area contributed by atoms with Gasteiger partial charge in [0.05, 0.1) is 6.54 Å². The highest BCUT2D eigenvalue weighted by atomic mass is 16.2. The van der Waals surface area contributed by atoms with E-state index in [1.54, 1.807) is 0 Å². The van der Waals surface area contributed by atoms with Gasteiger partial charge < -0.3 is 10.2 Å². The lowest BCUT2D eigenvalue weighted by Gasteiger charge is -2.22. The van der Waals surface area contributed by atoms with Crippen molar-refractivity contribution in [2.24, 2.45) is 0 Å². The molecule has 0 unspecified atom stereocenters. The van der Waals surface area contributed by atoms with Gasteiger partial charge in [-0.3, -0.25) is 4.79 Å². The van der Waals surface area contributed by atoms with Gasteiger partial charge in [0.25, 0.3) is 0 Å². The first-order valence-corrected chi connectivity index (χ1v) is 7.74. The number of para-hydroxylation sites is 1. The van der Waals surface area contributed by atoms with Crippen molar-refractivity contribution in [1.29, 1.82) is 0 Å². The Kier molecular flexibility index (Phi) is 7.13. The summed E-state index contributed by atoms with van der Waals surface area (Å²) >= 11 is 0. The van der Waals surface area contributed by atoms with Gasteiger partial charge in [0, 0.05) is 18.8 Å². The van der Waals surface area contributed by atoms with Crippen molar-refractivity contribution in [3.63, 3.8) is 0 Å². The fraction of sp³-hybridized carbons (Fsp3) is 0.588. The summed E-state index contributed by atoms with van der Waals surface area (Å²) in [5, 5.41) is 3.34. The molecule has 0 aliphatic rings. The Labute approximate surface area is 123 Å². The number of hydrogen-bond donors (Lipinski definition) is 1. The number of aryl methyl sites for hydroxylation is 2. The Bertz CT molecular complexity index is 423. The van der Waals surface area contributed by atoms with E-state index in [4.69, 9.17) is 0 Å². The molecule has 0 aliphatic heterocycles. The molecular formula is C17H28N2O. The van der Waals surface area contributed by atoms with Crippen LogP contribution in [0.1, 0.15) is 44.7 Å². The second kappa shape index (κ2) is 8.62. The Morgan fingerprint density at radius 2 is 1.80 bits per heavy atom. The van der Waals surface area contributed by atoms with Gasteiger partial charge in [0.15, 0.2) is 0 Å². The quantitative estimate of drug-likeness (QED) is 0.786. The van der Waals surface area contributed by atoms with Crippen LogP contribution >= 0.6 is 0 Å². The van der Waals surface area contributed by atoms with E-state index in [2.05, 4.69) is 51.2 Å². The van der Waals surface area contributed by atoms with Crippen molar-refractivity contribution in [1.82, 2.24) is 4.90 Å². The standard InChI is InChI=1S/C17H28N2O/c1-5-11-19(12-6-2)16(20)13-18-17-14(4)9-8-10-15(17)7-3/h8-10,18H,5-7,11-13H2,1-4H3. The molecule has 3 nitrogen and oxygen atoms in total. The number of rotatable bonds is 8. The van der Waals surface area contributed by atoms with E-state index in [9.17, 15) is 4.79 Å². The first-order valence-electron chi connectivity index (χ1n) is 7.74. The molecule has 0 aliphatic carbocycles. The number of carbonyl (C=O) groups is 1. The molecule has 0 spiro atoms. The maximum Gasteiger partial charge on any atom is 0.241 e. The van der Waals surface area contributed by atoms with E-state index in [1.165, 1.54) is 11.1 Å². The molecule has 1 N–H and O–H groups in total. The van der Waals surface area contributed by atoms with Gasteiger partial charge >= 0.3 is 0 Å². The summed E-state index contributed by atoms with van der Waals surface area (Å²) in [6.45, 7) is 10.5. The van der Waals surface area contributed by atoms with Crippen LogP contribution in [0.25, 0.3) is 0 Å². The summed E-state index contributed by atoms with van der Waals surface area (Å²) < 4.78 is 0. The third kappa shape index (κ3) is 4.55. The van der Waals surface area contributed by atoms with Crippen LogP contribution < -0.4 is 5.32 Å². The Morgan fingerprint density at radius 1 is 1.15 bits per heavy atom. The fourth-order valence-electron chi connectivity index (χ4n) is 2.45. The highest BCUT2D eigenvalue weighted by Crippen LogP contribution is 2.20. The zero-order valence-electron chi connectivity index (χ0n) is 13.3. The predicted octanol–water partition coefficient (Wildman–Crippen LogP) is 3.62. The summed E-state index contributed by atoms with van der Waals surface area (Å²) in [5.74, 6) is 0.194. The van der Waals surface area contributed by atoms with Gasteiger partial charge in [-0.2, -0.15) is 0 Å². The number of nitrogens with one attached hydrogen (secondary N) is 1. The number of hydrogen-bond acceptors (Lipinski definition) is 2. The fourth-order valence-corrected chi connectivity index (χ4v) is 2.45. The summed E-state index contributed by atoms with van der Waals surface area (Å²) in [5.41, 5.74) is 3.60. The van der Waals surface area contributed by atoms with Crippen molar-refractivity contribution in [3.05, 3.63) is 29.3 Å². The zero-order chi connectivity index (χ0) is 15.0. The van der Waals surface area contributed by atoms with Crippen molar-refractivity contribution in [3.8, 4) is 0 Å². The maximum atomic E-state index is 12.3. The van der Waals surface area contributed by atoms with Gasteiger partial charge in [-0.15, -0.1) is 0 Å². The average molecular weight is 276 g/mol. The van der Waals surface area contributed by atoms with E-state index in [1.807, 2.05) is 4.90 Å². The van der Waals surface area contributed by atoms with Gasteiger partial charge in [0.2, 0.25) is 5.91 Å². The van der Waals surface area contributed by atoms with Gasteiger partial charge in [-0.05, 0) is 37.3 Å². The Morgan fingerprint density at radius 3 is 2.35 bits per heavy atom. The van der Waals surface area contributed by atoms with Gasteiger partial charge in [-0.25, -0.2) is 0 Å². The number of nitrogens with zero attached hydrogens (tertiary/aromatic N) is 1. The first-order chi connectivity index (χ1) is 9.63. The molecule has 1 rings (SSSR count). The third-order valence-electron chi connectivity index (χ3n) is 3.50. The Balaban J connectivity index is 2.68. The minimum Gasteiger partial charge on any atom is -0.376 e. The minimum absolute atomic E-state index is 0.194. The molecule has 0 fully saturated rings. The van der Waals surface area contributed by atoms with Crippen LogP contribution in [0.5, 0.6) is 0 Å². The number of benzene rings is 1. The molecule has 0 bridgehead atoms. The van der Waals surface area contributed by atoms with Crippen LogP contribution in [0.2, 0.25) is 0 Å². The van der Waals surface area contributed by atoms with E-state index in [0.717, 1.165) is 38.0 Å². The van der Waals surface area contributed by atoms with Crippen molar-refractivity contribution in [2.75, 3.05) is 25.0 Å². The van der Waals surface area contributed by atoms with Crippen LogP contribution in [0.4, 0.5) is 5.69 Å². The molecule has 20 heavy (non-hydrogen) atoms. The minimum atomic E-state index is 0.194. The molecule has 1 amide bonds. The topological polar surface area (TPSA) is 32.3 Å². The SMILES string of the molecule is CCCN(CCC)C(=O)CNc1c(C)cccc1CC. The molecular weight excluding hydrogens is 248 g/mol. The molecule has 1 aromatic carbocycles. The molecule has 0 heterocycles. The molecule has 3 heteroatoms. The molecule has 0 saturated heterocycles. The van der Waals surface area contributed by atoms with Crippen LogP contribution in [0.3, 0.4) is 0 Å². The predicted molar refractivity (Wildman–Crippen MR) is 86.2 cm³/mol. The Hall–Kier alpha value is -1.51. The zero-order valence-corrected chi connectivity index (χ0v) is 13.3. The number of amides is 1. The number of anilines is 1. The van der Waals surface area contributed by atoms with E-state index < -0.39 is 0 Å². The smallest absolute Gasteiger partial charge is 0.241 e. The molecule has 0 saturated carbocycles. The van der Waals surface area contributed by atoms with Crippen LogP contribution in [-0.2, 0) is 11.2 Å². The van der Waals surface area contributed by atoms with Crippen LogP contribution in [0, 0.1) is 6.92 Å². The second-order valence-corrected chi connectivity index (χ2v) is 5.20. The second-order valence-electron chi connectivity index (χ2n) is 5.20. The first kappa shape index (κ1) is 16.5. The van der Waals surface area contributed by atoms with Crippen molar-refractivity contribution < 1.29 is 4.79 Å². The maximum absolute atomic E-state index is 12.3. The third-order valence-corrected chi connectivity index (χ3v) is 3.50. The van der Waals surface area contributed by atoms with Crippen LogP contribution in [0.15, 0.2) is 18.2 Å². The molecule has 0 aromatic heterocycles. The van der Waals surface area contributed by atoms with Gasteiger partial charge in [0.1, 0.15) is 0 Å². The van der Waals surface area contributed by atoms with E-state index in [0.29, 0.717) is 6.54 Å². The monoisotopic (exact) mass is 276 g/mol. The molecule has 0 radical (unpaired) electrons. The molecule has 1 aromatic rings. The van der Waals surface area contributed by atoms with Crippen LogP contribution in [-0.4, -0.2) is 30.4 Å². The highest BCUT2D eigenvalue weighted by Gasteiger charge is 2.12. The van der Waals surface area contributed by atoms with E-state index >= 15 is 0 Å². The van der Waals surface area contributed by atoms with Crippen molar-refractivity contribution in [2.45, 2.75) is 47.0 Å². The average Bonchev–Trinajstić information content (AvgIpc) is 2.45. The largest absolute Gasteiger partial charge is 0.376 e. The summed E-state index contributed by atoms with van der Waals surface area (Å²) in [6.07, 6.45) is 3.00. The van der Waals surface area contributed by atoms with Crippen molar-refractivity contribution >= 4 is 11.6 Å². The van der Waals surface area contributed by atoms with Gasteiger partial charge in [-0.1, -0.05) is 39.0 Å². The lowest BCUT2D eigenvalue weighted by atomic mass is 10.1. The van der Waals surface area contributed by atoms with E-state index in [-0.39, 0.29) is 5.91 Å². The summed E-state index contributed by atoms with van der Waals surface area (Å²) in [7, 11) is 0. The highest BCUT2D eigenvalue weighted by molar-refractivity contribution is 5.81. The summed E-state index contributed by atoms with van der Waals surface area (Å²) in [4.78, 5) is 14.2. The summed E-state index contributed by atoms with van der Waals surface area (Å²) in [6, 6.07) is 6.28. The lowest BCUT2D eigenvalue weighted by molar-refractivity contribution is -0.129. The molecule has 0 atom stereocenters. The molecule has 112 valence electrons. The normalized spacial score (nSPS) is 10.4. The lowest BCUT2D eigenvalue weighted by Crippen LogP contribution is -2.36.